The van der Waals surface area contributed by atoms with E-state index in [2.05, 4.69) is 0 Å². The second kappa shape index (κ2) is 7.24. The van der Waals surface area contributed by atoms with Crippen LogP contribution in [0.25, 0.3) is 0 Å². The van der Waals surface area contributed by atoms with E-state index < -0.39 is 6.10 Å². The molecule has 5 nitrogen and oxygen atoms in total. The highest BCUT2D eigenvalue weighted by Crippen LogP contribution is 2.30. The van der Waals surface area contributed by atoms with Gasteiger partial charge < -0.3 is 14.4 Å². The third kappa shape index (κ3) is 3.89. The van der Waals surface area contributed by atoms with Crippen LogP contribution in [-0.4, -0.2) is 42.1 Å². The van der Waals surface area contributed by atoms with Crippen molar-refractivity contribution in [1.82, 2.24) is 4.90 Å². The molecule has 3 rings (SSSR count). The number of rotatable bonds is 4. The van der Waals surface area contributed by atoms with Crippen molar-refractivity contribution in [2.45, 2.75) is 51.7 Å². The highest BCUT2D eigenvalue weighted by Gasteiger charge is 2.34. The number of nitrogens with zero attached hydrogens (tertiary/aromatic N) is 1. The van der Waals surface area contributed by atoms with Crippen LogP contribution in [0.15, 0.2) is 24.3 Å². The number of esters is 1. The maximum absolute atomic E-state index is 12.8. The zero-order chi connectivity index (χ0) is 17.1. The number of fused-ring (bicyclic) bond motifs is 1. The van der Waals surface area contributed by atoms with E-state index >= 15 is 0 Å². The molecule has 1 fully saturated rings. The standard InChI is InChI=1S/C19H25NO4/c1-13(2)23-18(21)10-14-6-5-9-20(12-14)19(22)17-11-15-7-3-4-8-16(15)24-17/h3-4,7-8,13-14,17H,5-6,9-12H2,1-2H3/t14-,17-/m1/s1. The molecule has 1 saturated heterocycles. The molecule has 2 atom stereocenters. The molecule has 0 aromatic heterocycles. The minimum Gasteiger partial charge on any atom is -0.480 e. The molecule has 1 aromatic carbocycles. The van der Waals surface area contributed by atoms with E-state index in [1.807, 2.05) is 43.0 Å². The Morgan fingerprint density at radius 2 is 2.12 bits per heavy atom. The topological polar surface area (TPSA) is 55.8 Å². The van der Waals surface area contributed by atoms with E-state index in [1.54, 1.807) is 0 Å². The molecule has 0 bridgehead atoms. The number of amides is 1. The Hall–Kier alpha value is -2.04. The lowest BCUT2D eigenvalue weighted by molar-refractivity contribution is -0.150. The van der Waals surface area contributed by atoms with Crippen molar-refractivity contribution in [3.8, 4) is 5.75 Å². The van der Waals surface area contributed by atoms with Crippen molar-refractivity contribution >= 4 is 11.9 Å². The lowest BCUT2D eigenvalue weighted by Gasteiger charge is -2.33. The Bertz CT molecular complexity index is 588. The van der Waals surface area contributed by atoms with Crippen LogP contribution in [-0.2, 0) is 20.7 Å². The van der Waals surface area contributed by atoms with Gasteiger partial charge in [-0.05, 0) is 44.2 Å². The normalized spacial score (nSPS) is 22.9. The molecule has 0 spiro atoms. The second-order valence-corrected chi connectivity index (χ2v) is 6.95. The Labute approximate surface area is 142 Å². The van der Waals surface area contributed by atoms with Gasteiger partial charge in [-0.1, -0.05) is 18.2 Å². The van der Waals surface area contributed by atoms with Gasteiger partial charge in [0.2, 0.25) is 0 Å². The van der Waals surface area contributed by atoms with Gasteiger partial charge in [-0.3, -0.25) is 9.59 Å². The summed E-state index contributed by atoms with van der Waals surface area (Å²) in [5.41, 5.74) is 1.09. The van der Waals surface area contributed by atoms with E-state index in [-0.39, 0.29) is 23.9 Å². The fraction of sp³-hybridized carbons (Fsp3) is 0.579. The Morgan fingerprint density at radius 3 is 2.88 bits per heavy atom. The molecule has 0 radical (unpaired) electrons. The zero-order valence-corrected chi connectivity index (χ0v) is 14.4. The molecule has 2 aliphatic rings. The number of ether oxygens (including phenoxy) is 2. The molecule has 0 unspecified atom stereocenters. The Balaban J connectivity index is 1.55. The summed E-state index contributed by atoms with van der Waals surface area (Å²) < 4.78 is 11.0. The first-order valence-electron chi connectivity index (χ1n) is 8.75. The molecular weight excluding hydrogens is 306 g/mol. The predicted octanol–water partition coefficient (Wildman–Crippen LogP) is 2.57. The first kappa shape index (κ1) is 16.8. The van der Waals surface area contributed by atoms with Gasteiger partial charge in [-0.2, -0.15) is 0 Å². The van der Waals surface area contributed by atoms with E-state index in [9.17, 15) is 9.59 Å². The first-order valence-corrected chi connectivity index (χ1v) is 8.75. The summed E-state index contributed by atoms with van der Waals surface area (Å²) in [7, 11) is 0. The van der Waals surface area contributed by atoms with E-state index in [1.165, 1.54) is 0 Å². The summed E-state index contributed by atoms with van der Waals surface area (Å²) in [5.74, 6) is 0.851. The number of piperidine rings is 1. The van der Waals surface area contributed by atoms with Crippen molar-refractivity contribution in [3.63, 3.8) is 0 Å². The van der Waals surface area contributed by atoms with E-state index in [0.29, 0.717) is 19.4 Å². The highest BCUT2D eigenvalue weighted by atomic mass is 16.5. The van der Waals surface area contributed by atoms with Crippen LogP contribution >= 0.6 is 0 Å². The van der Waals surface area contributed by atoms with Gasteiger partial charge in [0.05, 0.1) is 12.5 Å². The molecule has 1 amide bonds. The van der Waals surface area contributed by atoms with Gasteiger partial charge in [-0.25, -0.2) is 0 Å². The maximum atomic E-state index is 12.8. The van der Waals surface area contributed by atoms with Crippen LogP contribution in [0.5, 0.6) is 5.75 Å². The van der Waals surface area contributed by atoms with Gasteiger partial charge in [0.15, 0.2) is 6.10 Å². The number of likely N-dealkylation sites (tertiary alicyclic amines) is 1. The Morgan fingerprint density at radius 1 is 1.33 bits per heavy atom. The Kier molecular flexibility index (Phi) is 5.07. The summed E-state index contributed by atoms with van der Waals surface area (Å²) in [6.45, 7) is 5.06. The molecule has 1 aromatic rings. The van der Waals surface area contributed by atoms with Crippen LogP contribution in [0.2, 0.25) is 0 Å². The number of hydrogen-bond acceptors (Lipinski definition) is 4. The van der Waals surface area contributed by atoms with Crippen LogP contribution in [0.4, 0.5) is 0 Å². The van der Waals surface area contributed by atoms with E-state index in [4.69, 9.17) is 9.47 Å². The molecule has 24 heavy (non-hydrogen) atoms. The SMILES string of the molecule is CC(C)OC(=O)C[C@H]1CCCN(C(=O)[C@H]2Cc3ccccc3O2)C1. The summed E-state index contributed by atoms with van der Waals surface area (Å²) >= 11 is 0. The molecule has 0 N–H and O–H groups in total. The second-order valence-electron chi connectivity index (χ2n) is 6.95. The molecule has 130 valence electrons. The maximum Gasteiger partial charge on any atom is 0.306 e. The molecule has 5 heteroatoms. The zero-order valence-electron chi connectivity index (χ0n) is 14.4. The lowest BCUT2D eigenvalue weighted by atomic mass is 9.94. The lowest BCUT2D eigenvalue weighted by Crippen LogP contribution is -2.46. The molecule has 0 saturated carbocycles. The van der Waals surface area contributed by atoms with E-state index in [0.717, 1.165) is 30.7 Å². The predicted molar refractivity (Wildman–Crippen MR) is 89.7 cm³/mol. The summed E-state index contributed by atoms with van der Waals surface area (Å²) in [6, 6.07) is 7.79. The largest absolute Gasteiger partial charge is 0.480 e. The number of carbonyl (C=O) groups excluding carboxylic acids is 2. The van der Waals surface area contributed by atoms with Crippen molar-refractivity contribution in [1.29, 1.82) is 0 Å². The van der Waals surface area contributed by atoms with Crippen LogP contribution in [0, 0.1) is 5.92 Å². The van der Waals surface area contributed by atoms with Gasteiger partial charge >= 0.3 is 5.97 Å². The van der Waals surface area contributed by atoms with Crippen molar-refractivity contribution in [2.75, 3.05) is 13.1 Å². The fourth-order valence-electron chi connectivity index (χ4n) is 3.50. The molecule has 0 aliphatic carbocycles. The van der Waals surface area contributed by atoms with Gasteiger partial charge in [0, 0.05) is 19.5 Å². The molecular formula is C19H25NO4. The van der Waals surface area contributed by atoms with Gasteiger partial charge in [0.1, 0.15) is 5.75 Å². The van der Waals surface area contributed by atoms with Crippen LogP contribution < -0.4 is 4.74 Å². The summed E-state index contributed by atoms with van der Waals surface area (Å²) in [5, 5.41) is 0. The molecule has 2 aliphatic heterocycles. The van der Waals surface area contributed by atoms with Crippen LogP contribution in [0.3, 0.4) is 0 Å². The molecule has 2 heterocycles. The van der Waals surface area contributed by atoms with Crippen molar-refractivity contribution in [3.05, 3.63) is 29.8 Å². The highest BCUT2D eigenvalue weighted by molar-refractivity contribution is 5.83. The van der Waals surface area contributed by atoms with Gasteiger partial charge in [-0.15, -0.1) is 0 Å². The average molecular weight is 331 g/mol. The van der Waals surface area contributed by atoms with Crippen molar-refractivity contribution in [2.24, 2.45) is 5.92 Å². The number of para-hydroxylation sites is 1. The third-order valence-corrected chi connectivity index (χ3v) is 4.58. The minimum atomic E-state index is -0.427. The first-order chi connectivity index (χ1) is 11.5. The summed E-state index contributed by atoms with van der Waals surface area (Å²) in [4.78, 5) is 26.5. The average Bonchev–Trinajstić information content (AvgIpc) is 2.97. The monoisotopic (exact) mass is 331 g/mol. The number of hydrogen-bond donors (Lipinski definition) is 0. The number of benzene rings is 1. The fourth-order valence-corrected chi connectivity index (χ4v) is 3.50. The van der Waals surface area contributed by atoms with Gasteiger partial charge in [0.25, 0.3) is 5.91 Å². The minimum absolute atomic E-state index is 0.0353. The third-order valence-electron chi connectivity index (χ3n) is 4.58. The summed E-state index contributed by atoms with van der Waals surface area (Å²) in [6.07, 6.45) is 2.38. The van der Waals surface area contributed by atoms with Crippen LogP contribution in [0.1, 0.15) is 38.7 Å². The number of carbonyl (C=O) groups is 2. The van der Waals surface area contributed by atoms with Crippen molar-refractivity contribution < 1.29 is 19.1 Å². The quantitative estimate of drug-likeness (QED) is 0.796. The smallest absolute Gasteiger partial charge is 0.306 e.